The van der Waals surface area contributed by atoms with E-state index in [4.69, 9.17) is 9.47 Å². The van der Waals surface area contributed by atoms with Gasteiger partial charge in [0.25, 0.3) is 0 Å². The molecule has 16 heavy (non-hydrogen) atoms. The molecule has 4 nitrogen and oxygen atoms in total. The van der Waals surface area contributed by atoms with Gasteiger partial charge in [0.2, 0.25) is 5.91 Å². The zero-order valence-electron chi connectivity index (χ0n) is 10.1. The molecule has 1 amide bonds. The first-order chi connectivity index (χ1) is 7.68. The summed E-state index contributed by atoms with van der Waals surface area (Å²) in [7, 11) is 3.47. The quantitative estimate of drug-likeness (QED) is 0.446. The summed E-state index contributed by atoms with van der Waals surface area (Å²) in [4.78, 5) is 12.7. The summed E-state index contributed by atoms with van der Waals surface area (Å²) in [5, 5.41) is 0. The van der Waals surface area contributed by atoms with Crippen LogP contribution in [0.3, 0.4) is 0 Å². The molecule has 0 spiro atoms. The van der Waals surface area contributed by atoms with Crippen LogP contribution in [0.5, 0.6) is 0 Å². The molecule has 0 aromatic rings. The number of carbonyl (C=O) groups is 1. The predicted molar refractivity (Wildman–Crippen MR) is 63.8 cm³/mol. The lowest BCUT2D eigenvalue weighted by atomic mass is 10.3. The lowest BCUT2D eigenvalue weighted by Crippen LogP contribution is -2.20. The van der Waals surface area contributed by atoms with E-state index in [1.165, 1.54) is 6.26 Å². The van der Waals surface area contributed by atoms with Crippen LogP contribution in [0.1, 0.15) is 19.3 Å². The van der Waals surface area contributed by atoms with Gasteiger partial charge in [0.1, 0.15) is 0 Å². The predicted octanol–water partition coefficient (Wildman–Crippen LogP) is 1.94. The van der Waals surface area contributed by atoms with Crippen LogP contribution in [0.15, 0.2) is 25.2 Å². The highest BCUT2D eigenvalue weighted by Gasteiger charge is 1.98. The maximum atomic E-state index is 11.1. The van der Waals surface area contributed by atoms with Crippen molar-refractivity contribution >= 4 is 5.91 Å². The number of carbonyl (C=O) groups excluding carboxylic acids is 1. The number of nitrogens with zero attached hydrogens (tertiary/aromatic N) is 1. The Kier molecular flexibility index (Phi) is 9.17. The Morgan fingerprint density at radius 3 is 2.44 bits per heavy atom. The minimum absolute atomic E-state index is 0.0687. The van der Waals surface area contributed by atoms with Gasteiger partial charge in [-0.05, 0) is 18.9 Å². The first-order valence-electron chi connectivity index (χ1n) is 5.37. The van der Waals surface area contributed by atoms with Crippen molar-refractivity contribution in [2.45, 2.75) is 19.3 Å². The van der Waals surface area contributed by atoms with Crippen molar-refractivity contribution in [3.63, 3.8) is 0 Å². The van der Waals surface area contributed by atoms with Gasteiger partial charge >= 0.3 is 0 Å². The van der Waals surface area contributed by atoms with Crippen molar-refractivity contribution in [1.29, 1.82) is 0 Å². The second-order valence-corrected chi connectivity index (χ2v) is 3.48. The second-order valence-electron chi connectivity index (χ2n) is 3.48. The molecule has 0 atom stereocenters. The van der Waals surface area contributed by atoms with Crippen LogP contribution >= 0.6 is 0 Å². The SMILES string of the molecule is C=COCCCCO/C=C/CC(=O)N(C)C. The van der Waals surface area contributed by atoms with E-state index in [2.05, 4.69) is 6.58 Å². The van der Waals surface area contributed by atoms with E-state index in [1.807, 2.05) is 0 Å². The van der Waals surface area contributed by atoms with Crippen molar-refractivity contribution in [3.05, 3.63) is 25.2 Å². The van der Waals surface area contributed by atoms with Gasteiger partial charge in [0.15, 0.2) is 0 Å². The zero-order valence-corrected chi connectivity index (χ0v) is 10.1. The van der Waals surface area contributed by atoms with Gasteiger partial charge in [-0.15, -0.1) is 0 Å². The van der Waals surface area contributed by atoms with E-state index in [1.54, 1.807) is 31.3 Å². The van der Waals surface area contributed by atoms with Crippen LogP contribution in [0.25, 0.3) is 0 Å². The van der Waals surface area contributed by atoms with Gasteiger partial charge in [-0.3, -0.25) is 4.79 Å². The largest absolute Gasteiger partial charge is 0.502 e. The summed E-state index contributed by atoms with van der Waals surface area (Å²) >= 11 is 0. The van der Waals surface area contributed by atoms with E-state index in [0.29, 0.717) is 19.6 Å². The number of rotatable bonds is 9. The van der Waals surface area contributed by atoms with Gasteiger partial charge in [0.05, 0.1) is 25.7 Å². The van der Waals surface area contributed by atoms with Gasteiger partial charge in [-0.1, -0.05) is 6.58 Å². The molecular weight excluding hydrogens is 206 g/mol. The summed E-state index contributed by atoms with van der Waals surface area (Å²) in [6.45, 7) is 4.77. The molecule has 0 radical (unpaired) electrons. The molecule has 0 unspecified atom stereocenters. The molecule has 0 saturated heterocycles. The van der Waals surface area contributed by atoms with Crippen molar-refractivity contribution < 1.29 is 14.3 Å². The Bertz CT molecular complexity index is 224. The molecule has 0 aromatic heterocycles. The minimum Gasteiger partial charge on any atom is -0.502 e. The molecule has 0 aromatic carbocycles. The Balaban J connectivity index is 3.28. The highest BCUT2D eigenvalue weighted by molar-refractivity contribution is 5.76. The number of ether oxygens (including phenoxy) is 2. The van der Waals surface area contributed by atoms with Crippen molar-refractivity contribution in [1.82, 2.24) is 4.90 Å². The summed E-state index contributed by atoms with van der Waals surface area (Å²) in [5.74, 6) is 0.0687. The fourth-order valence-corrected chi connectivity index (χ4v) is 0.922. The van der Waals surface area contributed by atoms with Gasteiger partial charge in [-0.25, -0.2) is 0 Å². The Labute approximate surface area is 97.5 Å². The summed E-state index contributed by atoms with van der Waals surface area (Å²) in [6.07, 6.45) is 6.99. The normalized spacial score (nSPS) is 10.1. The van der Waals surface area contributed by atoms with E-state index >= 15 is 0 Å². The van der Waals surface area contributed by atoms with Gasteiger partial charge in [-0.2, -0.15) is 0 Å². The molecule has 4 heteroatoms. The van der Waals surface area contributed by atoms with Crippen LogP contribution in [-0.4, -0.2) is 38.1 Å². The summed E-state index contributed by atoms with van der Waals surface area (Å²) in [6, 6.07) is 0. The van der Waals surface area contributed by atoms with Crippen molar-refractivity contribution in [2.75, 3.05) is 27.3 Å². The highest BCUT2D eigenvalue weighted by atomic mass is 16.5. The van der Waals surface area contributed by atoms with E-state index in [-0.39, 0.29) is 5.91 Å². The van der Waals surface area contributed by atoms with Gasteiger partial charge < -0.3 is 14.4 Å². The monoisotopic (exact) mass is 227 g/mol. The van der Waals surface area contributed by atoms with Crippen LogP contribution < -0.4 is 0 Å². The fourth-order valence-electron chi connectivity index (χ4n) is 0.922. The molecule has 0 saturated carbocycles. The average Bonchev–Trinajstić information content (AvgIpc) is 2.26. The van der Waals surface area contributed by atoms with Crippen LogP contribution in [-0.2, 0) is 14.3 Å². The molecule has 0 aliphatic heterocycles. The van der Waals surface area contributed by atoms with Crippen LogP contribution in [0.4, 0.5) is 0 Å². The second kappa shape index (κ2) is 10.1. The fraction of sp³-hybridized carbons (Fsp3) is 0.583. The smallest absolute Gasteiger partial charge is 0.225 e. The Hall–Kier alpha value is -1.45. The number of unbranched alkanes of at least 4 members (excludes halogenated alkanes) is 1. The van der Waals surface area contributed by atoms with E-state index < -0.39 is 0 Å². The molecular formula is C12H21NO3. The van der Waals surface area contributed by atoms with Gasteiger partial charge in [0, 0.05) is 20.5 Å². The molecule has 0 N–H and O–H groups in total. The lowest BCUT2D eigenvalue weighted by Gasteiger charge is -2.07. The molecule has 92 valence electrons. The number of hydrogen-bond donors (Lipinski definition) is 0. The van der Waals surface area contributed by atoms with E-state index in [0.717, 1.165) is 12.8 Å². The molecule has 0 aliphatic carbocycles. The number of amides is 1. The Morgan fingerprint density at radius 1 is 1.25 bits per heavy atom. The third-order valence-electron chi connectivity index (χ3n) is 1.88. The maximum Gasteiger partial charge on any atom is 0.225 e. The molecule has 0 aliphatic rings. The lowest BCUT2D eigenvalue weighted by molar-refractivity contribution is -0.127. The van der Waals surface area contributed by atoms with Crippen molar-refractivity contribution in [2.24, 2.45) is 0 Å². The molecule has 0 bridgehead atoms. The van der Waals surface area contributed by atoms with E-state index in [9.17, 15) is 4.79 Å². The minimum atomic E-state index is 0.0687. The standard InChI is InChI=1S/C12H21NO3/c1-4-15-9-5-6-10-16-11-7-8-12(14)13(2)3/h4,7,11H,1,5-6,8-10H2,2-3H3/b11-7+. The molecule has 0 heterocycles. The van der Waals surface area contributed by atoms with Crippen molar-refractivity contribution in [3.8, 4) is 0 Å². The zero-order chi connectivity index (χ0) is 12.2. The van der Waals surface area contributed by atoms with Crippen LogP contribution in [0, 0.1) is 0 Å². The van der Waals surface area contributed by atoms with Crippen LogP contribution in [0.2, 0.25) is 0 Å². The summed E-state index contributed by atoms with van der Waals surface area (Å²) < 4.78 is 10.2. The third kappa shape index (κ3) is 9.12. The Morgan fingerprint density at radius 2 is 1.88 bits per heavy atom. The first-order valence-corrected chi connectivity index (χ1v) is 5.37. The number of hydrogen-bond acceptors (Lipinski definition) is 3. The maximum absolute atomic E-state index is 11.1. The topological polar surface area (TPSA) is 38.8 Å². The highest BCUT2D eigenvalue weighted by Crippen LogP contribution is 1.94. The molecule has 0 fully saturated rings. The first kappa shape index (κ1) is 14.6. The molecule has 0 rings (SSSR count). The summed E-state index contributed by atoms with van der Waals surface area (Å²) in [5.41, 5.74) is 0. The third-order valence-corrected chi connectivity index (χ3v) is 1.88. The average molecular weight is 227 g/mol.